The number of nitrogens with one attached hydrogen (secondary N) is 1. The Morgan fingerprint density at radius 2 is 1.76 bits per heavy atom. The zero-order valence-electron chi connectivity index (χ0n) is 15.6. The van der Waals surface area contributed by atoms with Crippen LogP contribution < -0.4 is 11.1 Å². The van der Waals surface area contributed by atoms with E-state index in [-0.39, 0.29) is 11.2 Å². The molecule has 2 heterocycles. The molecule has 1 aromatic heterocycles. The van der Waals surface area contributed by atoms with E-state index in [0.29, 0.717) is 12.4 Å². The van der Waals surface area contributed by atoms with Crippen molar-refractivity contribution in [2.75, 3.05) is 19.3 Å². The van der Waals surface area contributed by atoms with Gasteiger partial charge in [0.05, 0.1) is 11.2 Å². The van der Waals surface area contributed by atoms with Crippen LogP contribution in [-0.2, 0) is 9.31 Å². The Hall–Kier alpha value is -1.89. The summed E-state index contributed by atoms with van der Waals surface area (Å²) < 4.78 is 12.4. The maximum absolute atomic E-state index is 6.21. The fourth-order valence-electron chi connectivity index (χ4n) is 2.95. The minimum Gasteiger partial charge on any atom is -0.400 e. The first-order valence-corrected chi connectivity index (χ1v) is 8.59. The Balaban J connectivity index is 2.04. The van der Waals surface area contributed by atoms with E-state index in [1.54, 1.807) is 6.20 Å². The first-order valence-electron chi connectivity index (χ1n) is 8.59. The molecule has 1 fully saturated rings. The molecule has 25 heavy (non-hydrogen) atoms. The number of hydrogen-bond donors (Lipinski definition) is 2. The highest BCUT2D eigenvalue weighted by atomic mass is 16.7. The summed E-state index contributed by atoms with van der Waals surface area (Å²) in [5.74, 6) is 0.540. The fraction of sp³-hybridized carbons (Fsp3) is 0.421. The Bertz CT molecular complexity index is 801. The number of nitrogens with zero attached hydrogens (tertiary/aromatic N) is 1. The van der Waals surface area contributed by atoms with Crippen LogP contribution in [0, 0.1) is 0 Å². The summed E-state index contributed by atoms with van der Waals surface area (Å²) in [5.41, 5.74) is 7.31. The van der Waals surface area contributed by atoms with E-state index in [2.05, 4.69) is 50.1 Å². The van der Waals surface area contributed by atoms with Gasteiger partial charge in [-0.05, 0) is 45.6 Å². The van der Waals surface area contributed by atoms with Crippen molar-refractivity contribution in [1.29, 1.82) is 0 Å². The molecular weight excluding hydrogens is 313 g/mol. The molecule has 0 atom stereocenters. The maximum Gasteiger partial charge on any atom is 0.491 e. The standard InChI is InChI=1S/C19H26BN3O2/c1-18(2)19(3,4)25-20(24-18)14(12-22-5)10-13-11-23-17(21)16-9-7-6-8-15(13)16/h6-11,22H,12H2,1-5H3,(H2,21,23). The van der Waals surface area contributed by atoms with E-state index < -0.39 is 7.12 Å². The minimum absolute atomic E-state index is 0.369. The van der Waals surface area contributed by atoms with Crippen LogP contribution in [0.25, 0.3) is 16.8 Å². The van der Waals surface area contributed by atoms with E-state index in [4.69, 9.17) is 15.0 Å². The molecule has 0 aliphatic carbocycles. The summed E-state index contributed by atoms with van der Waals surface area (Å²) in [4.78, 5) is 4.34. The van der Waals surface area contributed by atoms with Gasteiger partial charge in [-0.1, -0.05) is 30.3 Å². The third-order valence-electron chi connectivity index (χ3n) is 5.13. The van der Waals surface area contributed by atoms with Crippen molar-refractivity contribution in [2.24, 2.45) is 0 Å². The highest BCUT2D eigenvalue weighted by Crippen LogP contribution is 2.39. The second kappa shape index (κ2) is 6.44. The van der Waals surface area contributed by atoms with Gasteiger partial charge in [0.15, 0.2) is 0 Å². The number of nitrogens with two attached hydrogens (primary N) is 1. The molecule has 132 valence electrons. The smallest absolute Gasteiger partial charge is 0.400 e. The topological polar surface area (TPSA) is 69.4 Å². The number of fused-ring (bicyclic) bond motifs is 1. The molecule has 0 amide bonds. The van der Waals surface area contributed by atoms with Gasteiger partial charge in [-0.15, -0.1) is 0 Å². The minimum atomic E-state index is -0.395. The molecule has 1 aliphatic rings. The normalized spacial score (nSPS) is 19.6. The van der Waals surface area contributed by atoms with Crippen LogP contribution in [-0.4, -0.2) is 36.9 Å². The molecule has 0 unspecified atom stereocenters. The quantitative estimate of drug-likeness (QED) is 0.838. The predicted molar refractivity (Wildman–Crippen MR) is 104 cm³/mol. The van der Waals surface area contributed by atoms with Crippen molar-refractivity contribution in [3.05, 3.63) is 41.5 Å². The van der Waals surface area contributed by atoms with Crippen LogP contribution in [0.1, 0.15) is 33.3 Å². The number of rotatable bonds is 4. The molecule has 1 aliphatic heterocycles. The van der Waals surface area contributed by atoms with E-state index in [9.17, 15) is 0 Å². The van der Waals surface area contributed by atoms with Crippen molar-refractivity contribution in [3.8, 4) is 0 Å². The number of nitrogen functional groups attached to an aromatic ring is 1. The van der Waals surface area contributed by atoms with Gasteiger partial charge in [0.2, 0.25) is 0 Å². The van der Waals surface area contributed by atoms with Gasteiger partial charge in [0.25, 0.3) is 0 Å². The first-order chi connectivity index (χ1) is 11.7. The number of pyridine rings is 1. The summed E-state index contributed by atoms with van der Waals surface area (Å²) >= 11 is 0. The van der Waals surface area contributed by atoms with Crippen LogP contribution in [0.3, 0.4) is 0 Å². The Labute approximate surface area is 149 Å². The number of hydrogen-bond acceptors (Lipinski definition) is 5. The summed E-state index contributed by atoms with van der Waals surface area (Å²) in [6.07, 6.45) is 3.89. The molecule has 0 bridgehead atoms. The van der Waals surface area contributed by atoms with Crippen molar-refractivity contribution in [1.82, 2.24) is 10.3 Å². The van der Waals surface area contributed by atoms with Crippen LogP contribution in [0.5, 0.6) is 0 Å². The van der Waals surface area contributed by atoms with E-state index in [1.165, 1.54) is 0 Å². The van der Waals surface area contributed by atoms with E-state index in [1.807, 2.05) is 25.2 Å². The lowest BCUT2D eigenvalue weighted by atomic mass is 9.77. The average molecular weight is 339 g/mol. The summed E-state index contributed by atoms with van der Waals surface area (Å²) in [7, 11) is 1.52. The monoisotopic (exact) mass is 339 g/mol. The molecule has 1 aromatic carbocycles. The number of aromatic nitrogens is 1. The maximum atomic E-state index is 6.21. The van der Waals surface area contributed by atoms with Gasteiger partial charge in [-0.3, -0.25) is 0 Å². The zero-order valence-corrected chi connectivity index (χ0v) is 15.6. The predicted octanol–water partition coefficient (Wildman–Crippen LogP) is 3.05. The van der Waals surface area contributed by atoms with Crippen molar-refractivity contribution in [2.45, 2.75) is 38.9 Å². The van der Waals surface area contributed by atoms with Gasteiger partial charge >= 0.3 is 7.12 Å². The third kappa shape index (κ3) is 3.29. The van der Waals surface area contributed by atoms with Gasteiger partial charge < -0.3 is 20.4 Å². The third-order valence-corrected chi connectivity index (χ3v) is 5.13. The molecule has 0 saturated carbocycles. The molecule has 0 radical (unpaired) electrons. The van der Waals surface area contributed by atoms with Crippen LogP contribution in [0.4, 0.5) is 5.82 Å². The van der Waals surface area contributed by atoms with Crippen molar-refractivity contribution in [3.63, 3.8) is 0 Å². The summed E-state index contributed by atoms with van der Waals surface area (Å²) in [5, 5.41) is 5.23. The summed E-state index contributed by atoms with van der Waals surface area (Å²) in [6, 6.07) is 8.02. The lowest BCUT2D eigenvalue weighted by Crippen LogP contribution is -2.41. The molecule has 3 N–H and O–H groups in total. The van der Waals surface area contributed by atoms with Crippen molar-refractivity contribution < 1.29 is 9.31 Å². The van der Waals surface area contributed by atoms with Gasteiger partial charge in [-0.2, -0.15) is 0 Å². The molecule has 5 nitrogen and oxygen atoms in total. The summed E-state index contributed by atoms with van der Waals surface area (Å²) in [6.45, 7) is 8.90. The van der Waals surface area contributed by atoms with Crippen LogP contribution in [0.2, 0.25) is 0 Å². The lowest BCUT2D eigenvalue weighted by Gasteiger charge is -2.32. The molecule has 0 spiro atoms. The van der Waals surface area contributed by atoms with E-state index >= 15 is 0 Å². The molecule has 3 rings (SSSR count). The van der Waals surface area contributed by atoms with Gasteiger partial charge in [-0.25, -0.2) is 4.98 Å². The van der Waals surface area contributed by atoms with Crippen molar-refractivity contribution >= 4 is 29.8 Å². The second-order valence-electron chi connectivity index (χ2n) is 7.48. The highest BCUT2D eigenvalue weighted by molar-refractivity contribution is 6.56. The van der Waals surface area contributed by atoms with E-state index in [0.717, 1.165) is 21.8 Å². The number of anilines is 1. The molecule has 2 aromatic rings. The SMILES string of the molecule is CNCC(=Cc1cnc(N)c2ccccc12)B1OC(C)(C)C(C)(C)O1. The Kier molecular flexibility index (Phi) is 4.62. The lowest BCUT2D eigenvalue weighted by molar-refractivity contribution is 0.00578. The number of likely N-dealkylation sites (N-methyl/N-ethyl adjacent to an activating group) is 1. The second-order valence-corrected chi connectivity index (χ2v) is 7.48. The molecular formula is C19H26BN3O2. The largest absolute Gasteiger partial charge is 0.491 e. The van der Waals surface area contributed by atoms with Crippen LogP contribution in [0.15, 0.2) is 35.9 Å². The van der Waals surface area contributed by atoms with Crippen LogP contribution >= 0.6 is 0 Å². The van der Waals surface area contributed by atoms with Gasteiger partial charge in [0.1, 0.15) is 5.82 Å². The van der Waals surface area contributed by atoms with Gasteiger partial charge in [0, 0.05) is 23.7 Å². The fourth-order valence-corrected chi connectivity index (χ4v) is 2.95. The highest BCUT2D eigenvalue weighted by Gasteiger charge is 2.52. The number of benzene rings is 1. The average Bonchev–Trinajstić information content (AvgIpc) is 2.77. The Morgan fingerprint density at radius 1 is 1.16 bits per heavy atom. The first kappa shape index (κ1) is 17.9. The molecule has 1 saturated heterocycles. The molecule has 6 heteroatoms. The zero-order chi connectivity index (χ0) is 18.2. The Morgan fingerprint density at radius 3 is 2.36 bits per heavy atom.